The Morgan fingerprint density at radius 3 is 2.52 bits per heavy atom. The largest absolute Gasteiger partial charge is 0.457 e. The Labute approximate surface area is 163 Å². The molecule has 0 radical (unpaired) electrons. The summed E-state index contributed by atoms with van der Waals surface area (Å²) in [7, 11) is 4.02. The van der Waals surface area contributed by atoms with E-state index in [1.54, 1.807) is 17.4 Å². The molecule has 140 valence electrons. The molecule has 0 fully saturated rings. The highest BCUT2D eigenvalue weighted by atomic mass is 32.1. The van der Waals surface area contributed by atoms with Gasteiger partial charge in [-0.05, 0) is 49.8 Å². The molecule has 0 saturated heterocycles. The lowest BCUT2D eigenvalue weighted by molar-refractivity contribution is 0.244. The molecule has 1 aromatic heterocycles. The zero-order chi connectivity index (χ0) is 19.1. The van der Waals surface area contributed by atoms with E-state index >= 15 is 0 Å². The zero-order valence-corrected chi connectivity index (χ0v) is 16.2. The van der Waals surface area contributed by atoms with Crippen molar-refractivity contribution in [2.24, 2.45) is 0 Å². The number of likely N-dealkylation sites (N-methyl/N-ethyl adjacent to an activating group) is 1. The van der Waals surface area contributed by atoms with Gasteiger partial charge >= 0.3 is 6.03 Å². The van der Waals surface area contributed by atoms with Gasteiger partial charge in [0.05, 0.1) is 6.04 Å². The van der Waals surface area contributed by atoms with Crippen LogP contribution < -0.4 is 15.4 Å². The number of para-hydroxylation sites is 1. The molecule has 27 heavy (non-hydrogen) atoms. The van der Waals surface area contributed by atoms with Gasteiger partial charge in [0.15, 0.2) is 0 Å². The number of nitrogens with zero attached hydrogens (tertiary/aromatic N) is 1. The highest BCUT2D eigenvalue weighted by molar-refractivity contribution is 7.10. The number of amides is 2. The molecule has 2 amide bonds. The second-order valence-corrected chi connectivity index (χ2v) is 7.25. The number of anilines is 1. The lowest BCUT2D eigenvalue weighted by Gasteiger charge is -2.23. The predicted molar refractivity (Wildman–Crippen MR) is 111 cm³/mol. The number of rotatable bonds is 7. The molecule has 0 bridgehead atoms. The topological polar surface area (TPSA) is 53.6 Å². The van der Waals surface area contributed by atoms with Crippen molar-refractivity contribution in [2.75, 3.05) is 26.0 Å². The van der Waals surface area contributed by atoms with Crippen molar-refractivity contribution in [1.82, 2.24) is 10.2 Å². The van der Waals surface area contributed by atoms with Crippen LogP contribution in [0.1, 0.15) is 10.9 Å². The van der Waals surface area contributed by atoms with Crippen molar-refractivity contribution in [1.29, 1.82) is 0 Å². The van der Waals surface area contributed by atoms with Crippen LogP contribution in [0.3, 0.4) is 0 Å². The highest BCUT2D eigenvalue weighted by Crippen LogP contribution is 2.24. The van der Waals surface area contributed by atoms with Crippen molar-refractivity contribution in [3.8, 4) is 11.5 Å². The monoisotopic (exact) mass is 381 g/mol. The summed E-state index contributed by atoms with van der Waals surface area (Å²) in [6.45, 7) is 0.527. The molecule has 3 aromatic rings. The van der Waals surface area contributed by atoms with E-state index in [1.165, 1.54) is 4.88 Å². The second kappa shape index (κ2) is 9.21. The number of urea groups is 1. The van der Waals surface area contributed by atoms with E-state index in [2.05, 4.69) is 21.6 Å². The molecule has 1 heterocycles. The van der Waals surface area contributed by atoms with Crippen LogP contribution in [0.4, 0.5) is 10.5 Å². The van der Waals surface area contributed by atoms with Crippen LogP contribution in [0.5, 0.6) is 11.5 Å². The van der Waals surface area contributed by atoms with E-state index in [0.717, 1.165) is 5.75 Å². The third kappa shape index (κ3) is 5.57. The summed E-state index contributed by atoms with van der Waals surface area (Å²) in [5.41, 5.74) is 0.679. The van der Waals surface area contributed by atoms with Gasteiger partial charge in [-0.1, -0.05) is 30.3 Å². The van der Waals surface area contributed by atoms with Gasteiger partial charge in [-0.15, -0.1) is 11.3 Å². The zero-order valence-electron chi connectivity index (χ0n) is 15.4. The van der Waals surface area contributed by atoms with Crippen LogP contribution in [0, 0.1) is 0 Å². The minimum Gasteiger partial charge on any atom is -0.457 e. The van der Waals surface area contributed by atoms with Gasteiger partial charge in [-0.2, -0.15) is 0 Å². The van der Waals surface area contributed by atoms with E-state index in [-0.39, 0.29) is 12.1 Å². The summed E-state index contributed by atoms with van der Waals surface area (Å²) in [6.07, 6.45) is 0. The Kier molecular flexibility index (Phi) is 6.46. The standard InChI is InChI=1S/C21H23N3O2S/c1-24(2)19(20-12-7-13-27-20)15-22-21(25)23-16-8-6-11-18(14-16)26-17-9-4-3-5-10-17/h3-14,19H,15H2,1-2H3,(H2,22,23,25). The minimum atomic E-state index is -0.240. The lowest BCUT2D eigenvalue weighted by Crippen LogP contribution is -2.36. The van der Waals surface area contributed by atoms with E-state index in [0.29, 0.717) is 18.0 Å². The Balaban J connectivity index is 1.57. The van der Waals surface area contributed by atoms with Gasteiger partial charge in [0, 0.05) is 23.2 Å². The summed E-state index contributed by atoms with van der Waals surface area (Å²) in [5.74, 6) is 1.42. The van der Waals surface area contributed by atoms with Crippen LogP contribution in [-0.4, -0.2) is 31.6 Å². The first-order chi connectivity index (χ1) is 13.1. The third-order valence-corrected chi connectivity index (χ3v) is 5.00. The Bertz CT molecular complexity index is 851. The number of hydrogen-bond acceptors (Lipinski definition) is 4. The van der Waals surface area contributed by atoms with Gasteiger partial charge in [0.1, 0.15) is 11.5 Å². The first kappa shape index (κ1) is 18.9. The third-order valence-electron chi connectivity index (χ3n) is 4.02. The summed E-state index contributed by atoms with van der Waals surface area (Å²) < 4.78 is 5.80. The molecular formula is C21H23N3O2S. The van der Waals surface area contributed by atoms with Gasteiger partial charge < -0.3 is 20.3 Å². The Morgan fingerprint density at radius 2 is 1.81 bits per heavy atom. The van der Waals surface area contributed by atoms with Crippen molar-refractivity contribution < 1.29 is 9.53 Å². The molecule has 6 heteroatoms. The van der Waals surface area contributed by atoms with Gasteiger partial charge in [-0.3, -0.25) is 0 Å². The molecule has 2 N–H and O–H groups in total. The maximum absolute atomic E-state index is 12.3. The maximum atomic E-state index is 12.3. The van der Waals surface area contributed by atoms with Crippen LogP contribution in [-0.2, 0) is 0 Å². The molecule has 0 spiro atoms. The number of benzene rings is 2. The van der Waals surface area contributed by atoms with Gasteiger partial charge in [0.2, 0.25) is 0 Å². The average Bonchev–Trinajstić information content (AvgIpc) is 3.17. The summed E-state index contributed by atoms with van der Waals surface area (Å²) in [4.78, 5) is 15.6. The molecule has 0 aliphatic heterocycles. The van der Waals surface area contributed by atoms with E-state index in [4.69, 9.17) is 4.74 Å². The van der Waals surface area contributed by atoms with Crippen molar-refractivity contribution in [2.45, 2.75) is 6.04 Å². The van der Waals surface area contributed by atoms with Crippen molar-refractivity contribution in [3.05, 3.63) is 77.0 Å². The van der Waals surface area contributed by atoms with Crippen LogP contribution >= 0.6 is 11.3 Å². The summed E-state index contributed by atoms with van der Waals surface area (Å²) in [6, 6.07) is 20.9. The first-order valence-corrected chi connectivity index (χ1v) is 9.57. The predicted octanol–water partition coefficient (Wildman–Crippen LogP) is 4.96. The van der Waals surface area contributed by atoms with E-state index in [9.17, 15) is 4.79 Å². The maximum Gasteiger partial charge on any atom is 0.319 e. The smallest absolute Gasteiger partial charge is 0.319 e. The van der Waals surface area contributed by atoms with E-state index < -0.39 is 0 Å². The molecule has 5 nitrogen and oxygen atoms in total. The van der Waals surface area contributed by atoms with Crippen molar-refractivity contribution in [3.63, 3.8) is 0 Å². The Morgan fingerprint density at radius 1 is 1.04 bits per heavy atom. The number of hydrogen-bond donors (Lipinski definition) is 2. The first-order valence-electron chi connectivity index (χ1n) is 8.69. The number of carbonyl (C=O) groups is 1. The molecule has 2 aromatic carbocycles. The number of carbonyl (C=O) groups excluding carboxylic acids is 1. The number of ether oxygens (including phenoxy) is 1. The van der Waals surface area contributed by atoms with E-state index in [1.807, 2.05) is 74.1 Å². The fourth-order valence-corrected chi connectivity index (χ4v) is 3.57. The van der Waals surface area contributed by atoms with Gasteiger partial charge in [0.25, 0.3) is 0 Å². The minimum absolute atomic E-state index is 0.142. The number of thiophene rings is 1. The molecule has 1 unspecified atom stereocenters. The SMILES string of the molecule is CN(C)C(CNC(=O)Nc1cccc(Oc2ccccc2)c1)c1cccs1. The lowest BCUT2D eigenvalue weighted by atomic mass is 10.2. The molecule has 0 saturated carbocycles. The normalized spacial score (nSPS) is 11.8. The summed E-state index contributed by atoms with van der Waals surface area (Å²) in [5, 5.41) is 7.85. The van der Waals surface area contributed by atoms with Crippen LogP contribution in [0.25, 0.3) is 0 Å². The van der Waals surface area contributed by atoms with Crippen molar-refractivity contribution >= 4 is 23.1 Å². The molecule has 0 aliphatic rings. The fourth-order valence-electron chi connectivity index (χ4n) is 2.65. The average molecular weight is 382 g/mol. The Hall–Kier alpha value is -2.83. The quantitative estimate of drug-likeness (QED) is 0.608. The molecule has 0 aliphatic carbocycles. The molecule has 1 atom stereocenters. The van der Waals surface area contributed by atoms with Crippen LogP contribution in [0.2, 0.25) is 0 Å². The molecular weight excluding hydrogens is 358 g/mol. The van der Waals surface area contributed by atoms with Gasteiger partial charge in [-0.25, -0.2) is 4.79 Å². The number of nitrogens with one attached hydrogen (secondary N) is 2. The molecule has 3 rings (SSSR count). The second-order valence-electron chi connectivity index (χ2n) is 6.27. The highest BCUT2D eigenvalue weighted by Gasteiger charge is 2.16. The van der Waals surface area contributed by atoms with Crippen LogP contribution in [0.15, 0.2) is 72.1 Å². The fraction of sp³-hybridized carbons (Fsp3) is 0.190. The summed E-state index contributed by atoms with van der Waals surface area (Å²) >= 11 is 1.69.